The van der Waals surface area contributed by atoms with Crippen molar-refractivity contribution in [2.24, 2.45) is 0 Å². The largest absolute Gasteiger partial charge is 0.335 e. The molecule has 0 unspecified atom stereocenters. The van der Waals surface area contributed by atoms with Crippen LogP contribution in [-0.4, -0.2) is 17.8 Å². The van der Waals surface area contributed by atoms with Gasteiger partial charge in [0.1, 0.15) is 5.57 Å². The Morgan fingerprint density at radius 1 is 0.833 bits per heavy atom. The van der Waals surface area contributed by atoms with E-state index in [1.165, 1.54) is 18.2 Å². The summed E-state index contributed by atoms with van der Waals surface area (Å²) >= 11 is 11.6. The molecule has 0 bridgehead atoms. The first kappa shape index (κ1) is 16.2. The van der Waals surface area contributed by atoms with E-state index in [9.17, 15) is 14.4 Å². The molecule has 0 spiro atoms. The standard InChI is InChI=1S/C17H10Cl2N2O3/c18-11-3-1-10(2-4-11)9-14-15(22)20-17(24)21(16(14)23)13-7-5-12(19)6-8-13/h1-9H,(H,20,22,24). The normalized spacial score (nSPS) is 16.5. The van der Waals surface area contributed by atoms with Crippen molar-refractivity contribution >= 4 is 52.8 Å². The third-order valence-corrected chi connectivity index (χ3v) is 3.87. The van der Waals surface area contributed by atoms with Crippen LogP contribution >= 0.6 is 23.2 Å². The Morgan fingerprint density at radius 2 is 1.38 bits per heavy atom. The Bertz CT molecular complexity index is 858. The third-order valence-electron chi connectivity index (χ3n) is 3.37. The van der Waals surface area contributed by atoms with Crippen LogP contribution < -0.4 is 10.2 Å². The van der Waals surface area contributed by atoms with Crippen LogP contribution in [0.25, 0.3) is 6.08 Å². The van der Waals surface area contributed by atoms with Crippen molar-refractivity contribution in [2.75, 3.05) is 4.90 Å². The first-order valence-corrected chi connectivity index (χ1v) is 7.64. The van der Waals surface area contributed by atoms with Crippen LogP contribution in [0.3, 0.4) is 0 Å². The monoisotopic (exact) mass is 360 g/mol. The highest BCUT2D eigenvalue weighted by Gasteiger charge is 2.36. The molecule has 24 heavy (non-hydrogen) atoms. The van der Waals surface area contributed by atoms with E-state index in [1.807, 2.05) is 0 Å². The Kier molecular flexibility index (Phi) is 4.38. The molecule has 3 rings (SSSR count). The van der Waals surface area contributed by atoms with Gasteiger partial charge in [0.25, 0.3) is 11.8 Å². The maximum Gasteiger partial charge on any atom is 0.335 e. The number of hydrogen-bond acceptors (Lipinski definition) is 3. The molecule has 1 fully saturated rings. The predicted molar refractivity (Wildman–Crippen MR) is 91.9 cm³/mol. The number of anilines is 1. The van der Waals surface area contributed by atoms with E-state index < -0.39 is 17.8 Å². The fourth-order valence-electron chi connectivity index (χ4n) is 2.21. The molecule has 0 saturated carbocycles. The molecular formula is C17H10Cl2N2O3. The van der Waals surface area contributed by atoms with Gasteiger partial charge in [-0.15, -0.1) is 0 Å². The van der Waals surface area contributed by atoms with Gasteiger partial charge in [0.2, 0.25) is 0 Å². The molecule has 0 aromatic heterocycles. The summed E-state index contributed by atoms with van der Waals surface area (Å²) in [7, 11) is 0. The topological polar surface area (TPSA) is 66.5 Å². The van der Waals surface area contributed by atoms with E-state index in [2.05, 4.69) is 5.32 Å². The Labute approximate surface area is 147 Å². The maximum atomic E-state index is 12.6. The molecule has 1 N–H and O–H groups in total. The van der Waals surface area contributed by atoms with Crippen LogP contribution in [-0.2, 0) is 9.59 Å². The average Bonchev–Trinajstić information content (AvgIpc) is 2.55. The molecule has 1 aliphatic rings. The van der Waals surface area contributed by atoms with Crippen molar-refractivity contribution in [3.05, 3.63) is 69.7 Å². The molecule has 4 amide bonds. The molecule has 0 atom stereocenters. The summed E-state index contributed by atoms with van der Waals surface area (Å²) in [5.41, 5.74) is 0.784. The predicted octanol–water partition coefficient (Wildman–Crippen LogP) is 3.66. The smallest absolute Gasteiger partial charge is 0.273 e. The highest BCUT2D eigenvalue weighted by atomic mass is 35.5. The van der Waals surface area contributed by atoms with Crippen LogP contribution in [0.15, 0.2) is 54.1 Å². The van der Waals surface area contributed by atoms with Gasteiger partial charge in [-0.2, -0.15) is 0 Å². The molecule has 0 aliphatic carbocycles. The summed E-state index contributed by atoms with van der Waals surface area (Å²) in [5.74, 6) is -1.45. The van der Waals surface area contributed by atoms with E-state index in [-0.39, 0.29) is 5.57 Å². The molecule has 0 radical (unpaired) electrons. The zero-order chi connectivity index (χ0) is 17.3. The van der Waals surface area contributed by atoms with Gasteiger partial charge in [-0.1, -0.05) is 35.3 Å². The van der Waals surface area contributed by atoms with Crippen molar-refractivity contribution < 1.29 is 14.4 Å². The van der Waals surface area contributed by atoms with Gasteiger partial charge in [-0.05, 0) is 48.0 Å². The quantitative estimate of drug-likeness (QED) is 0.656. The molecular weight excluding hydrogens is 351 g/mol. The minimum Gasteiger partial charge on any atom is -0.273 e. The van der Waals surface area contributed by atoms with E-state index in [4.69, 9.17) is 23.2 Å². The summed E-state index contributed by atoms with van der Waals surface area (Å²) in [6.07, 6.45) is 1.41. The van der Waals surface area contributed by atoms with Crippen LogP contribution in [0.1, 0.15) is 5.56 Å². The number of nitrogens with one attached hydrogen (secondary N) is 1. The number of benzene rings is 2. The number of carbonyl (C=O) groups is 3. The summed E-state index contributed by atoms with van der Waals surface area (Å²) in [6.45, 7) is 0. The van der Waals surface area contributed by atoms with Crippen molar-refractivity contribution in [3.63, 3.8) is 0 Å². The molecule has 120 valence electrons. The Morgan fingerprint density at radius 3 is 1.96 bits per heavy atom. The van der Waals surface area contributed by atoms with Crippen molar-refractivity contribution in [1.82, 2.24) is 5.32 Å². The highest BCUT2D eigenvalue weighted by molar-refractivity contribution is 6.39. The molecule has 1 saturated heterocycles. The van der Waals surface area contributed by atoms with Gasteiger partial charge in [-0.3, -0.25) is 14.9 Å². The number of carbonyl (C=O) groups excluding carboxylic acids is 3. The molecule has 7 heteroatoms. The van der Waals surface area contributed by atoms with Crippen molar-refractivity contribution in [3.8, 4) is 0 Å². The lowest BCUT2D eigenvalue weighted by atomic mass is 10.1. The van der Waals surface area contributed by atoms with Crippen LogP contribution in [0.2, 0.25) is 10.0 Å². The molecule has 2 aromatic carbocycles. The molecule has 5 nitrogen and oxygen atoms in total. The number of halogens is 2. The number of hydrogen-bond donors (Lipinski definition) is 1. The number of amides is 4. The van der Waals surface area contributed by atoms with Crippen LogP contribution in [0.4, 0.5) is 10.5 Å². The summed E-state index contributed by atoms with van der Waals surface area (Å²) in [4.78, 5) is 37.6. The first-order chi connectivity index (χ1) is 11.5. The Hall–Kier alpha value is -2.63. The van der Waals surface area contributed by atoms with E-state index in [0.29, 0.717) is 21.3 Å². The van der Waals surface area contributed by atoms with Gasteiger partial charge in [0.05, 0.1) is 5.69 Å². The summed E-state index contributed by atoms with van der Waals surface area (Å²) in [5, 5.41) is 3.16. The highest BCUT2D eigenvalue weighted by Crippen LogP contribution is 2.23. The second-order valence-corrected chi connectivity index (χ2v) is 5.86. The van der Waals surface area contributed by atoms with Gasteiger partial charge >= 0.3 is 6.03 Å². The average molecular weight is 361 g/mol. The molecule has 1 aliphatic heterocycles. The fraction of sp³-hybridized carbons (Fsp3) is 0. The summed E-state index contributed by atoms with van der Waals surface area (Å²) < 4.78 is 0. The number of imide groups is 2. The minimum absolute atomic E-state index is 0.146. The lowest BCUT2D eigenvalue weighted by Crippen LogP contribution is -2.54. The second-order valence-electron chi connectivity index (χ2n) is 4.99. The zero-order valence-corrected chi connectivity index (χ0v) is 13.6. The Balaban J connectivity index is 1.99. The van der Waals surface area contributed by atoms with E-state index >= 15 is 0 Å². The van der Waals surface area contributed by atoms with Gasteiger partial charge in [-0.25, -0.2) is 9.69 Å². The van der Waals surface area contributed by atoms with Crippen molar-refractivity contribution in [1.29, 1.82) is 0 Å². The fourth-order valence-corrected chi connectivity index (χ4v) is 2.46. The zero-order valence-electron chi connectivity index (χ0n) is 12.1. The molecule has 1 heterocycles. The lowest BCUT2D eigenvalue weighted by molar-refractivity contribution is -0.122. The van der Waals surface area contributed by atoms with Crippen molar-refractivity contribution in [2.45, 2.75) is 0 Å². The lowest BCUT2D eigenvalue weighted by Gasteiger charge is -2.26. The maximum absolute atomic E-state index is 12.6. The van der Waals surface area contributed by atoms with Gasteiger partial charge in [0.15, 0.2) is 0 Å². The van der Waals surface area contributed by atoms with Crippen LogP contribution in [0.5, 0.6) is 0 Å². The number of nitrogens with zero attached hydrogens (tertiary/aromatic N) is 1. The van der Waals surface area contributed by atoms with E-state index in [1.54, 1.807) is 36.4 Å². The minimum atomic E-state index is -0.805. The number of barbiturate groups is 1. The summed E-state index contributed by atoms with van der Waals surface area (Å²) in [6, 6.07) is 12.0. The number of urea groups is 1. The second kappa shape index (κ2) is 6.47. The van der Waals surface area contributed by atoms with E-state index in [0.717, 1.165) is 4.90 Å². The number of rotatable bonds is 2. The third kappa shape index (κ3) is 3.18. The first-order valence-electron chi connectivity index (χ1n) is 6.88. The van der Waals surface area contributed by atoms with Gasteiger partial charge < -0.3 is 0 Å². The van der Waals surface area contributed by atoms with Gasteiger partial charge in [0, 0.05) is 10.0 Å². The SMILES string of the molecule is O=C1NC(=O)N(c2ccc(Cl)cc2)C(=O)C1=Cc1ccc(Cl)cc1. The molecule has 2 aromatic rings. The van der Waals surface area contributed by atoms with Crippen LogP contribution in [0, 0.1) is 0 Å².